The molecule has 1 aliphatic heterocycles. The molecule has 3 rings (SSSR count). The lowest BCUT2D eigenvalue weighted by molar-refractivity contribution is -0.112. The van der Waals surface area contributed by atoms with Crippen molar-refractivity contribution in [1.29, 1.82) is 5.26 Å². The van der Waals surface area contributed by atoms with Crippen molar-refractivity contribution in [3.8, 4) is 6.07 Å². The first kappa shape index (κ1) is 26.0. The highest BCUT2D eigenvalue weighted by molar-refractivity contribution is 6.30. The zero-order valence-corrected chi connectivity index (χ0v) is 21.3. The summed E-state index contributed by atoms with van der Waals surface area (Å²) in [5, 5.41) is 13.8. The third kappa shape index (κ3) is 6.72. The Morgan fingerprint density at radius 2 is 1.91 bits per heavy atom. The predicted molar refractivity (Wildman–Crippen MR) is 149 cm³/mol. The highest BCUT2D eigenvalue weighted by Crippen LogP contribution is 2.39. The van der Waals surface area contributed by atoms with Crippen LogP contribution >= 0.6 is 11.6 Å². The number of allylic oxidation sites excluding steroid dienone is 5. The van der Waals surface area contributed by atoms with E-state index in [0.29, 0.717) is 11.6 Å². The van der Waals surface area contributed by atoms with Crippen molar-refractivity contribution in [3.05, 3.63) is 106 Å². The average molecular weight is 483 g/mol. The lowest BCUT2D eigenvalue weighted by atomic mass is 9.78. The Kier molecular flexibility index (Phi) is 9.06. The summed E-state index contributed by atoms with van der Waals surface area (Å²) in [6.45, 7) is 10.1. The first-order valence-corrected chi connectivity index (χ1v) is 12.2. The summed E-state index contributed by atoms with van der Waals surface area (Å²) >= 11 is 6.06. The number of rotatable bonds is 9. The van der Waals surface area contributed by atoms with Crippen LogP contribution in [0.15, 0.2) is 89.5 Å². The first-order chi connectivity index (χ1) is 16.8. The van der Waals surface area contributed by atoms with Crippen LogP contribution in [-0.4, -0.2) is 12.3 Å². The molecule has 0 saturated heterocycles. The summed E-state index contributed by atoms with van der Waals surface area (Å²) in [5.74, 6) is -0.346. The number of hydrogen-bond donors (Lipinski definition) is 1. The minimum absolute atomic E-state index is 0.0148. The number of anilines is 1. The fourth-order valence-corrected chi connectivity index (χ4v) is 4.45. The van der Waals surface area contributed by atoms with Gasteiger partial charge in [0.15, 0.2) is 5.78 Å². The Balaban J connectivity index is 2.23. The molecule has 1 N–H and O–H groups in total. The van der Waals surface area contributed by atoms with Gasteiger partial charge in [-0.15, -0.1) is 0 Å². The van der Waals surface area contributed by atoms with Gasteiger partial charge in [0, 0.05) is 23.2 Å². The van der Waals surface area contributed by atoms with Gasteiger partial charge in [0.25, 0.3) is 0 Å². The summed E-state index contributed by atoms with van der Waals surface area (Å²) in [5.41, 5.74) is 7.75. The molecule has 2 aromatic rings. The van der Waals surface area contributed by atoms with Crippen molar-refractivity contribution in [2.75, 3.05) is 11.9 Å². The van der Waals surface area contributed by atoms with Gasteiger partial charge in [0.1, 0.15) is 0 Å². The van der Waals surface area contributed by atoms with Gasteiger partial charge in [-0.1, -0.05) is 85.3 Å². The quantitative estimate of drug-likeness (QED) is 0.290. The smallest absolute Gasteiger partial charge is 0.152 e. The molecule has 35 heavy (non-hydrogen) atoms. The standard InChI is InChI=1S/C31H31ClN2O/c1-5-28(29(21(2)19-33)17-10-22(3)32)31(25-15-13-24(14-16-25)12-11-23(4)35)27-18-26-8-6-7-9-30(26)34-20-27/h6-18,21,29,34H,3,5,20H2,1-2,4H3/b12-11+,17-10-,31-28+. The molecular weight excluding hydrogens is 452 g/mol. The fourth-order valence-electron chi connectivity index (χ4n) is 4.38. The number of halogens is 1. The topological polar surface area (TPSA) is 52.9 Å². The van der Waals surface area contributed by atoms with E-state index in [1.807, 2.05) is 43.3 Å². The summed E-state index contributed by atoms with van der Waals surface area (Å²) in [4.78, 5) is 11.3. The van der Waals surface area contributed by atoms with Crippen LogP contribution in [0.5, 0.6) is 0 Å². The molecule has 0 saturated carbocycles. The molecule has 1 heterocycles. The largest absolute Gasteiger partial charge is 0.380 e. The zero-order chi connectivity index (χ0) is 25.4. The second-order valence-corrected chi connectivity index (χ2v) is 9.17. The molecule has 0 amide bonds. The number of hydrogen-bond acceptors (Lipinski definition) is 3. The molecule has 2 unspecified atom stereocenters. The SMILES string of the molecule is C=C(Cl)/C=C\C(/C(CC)=C(/C1=Cc2ccccc2NC1)c1ccc(/C=C/C(C)=O)cc1)C(C)C#N. The maximum Gasteiger partial charge on any atom is 0.152 e. The highest BCUT2D eigenvalue weighted by atomic mass is 35.5. The second kappa shape index (κ2) is 12.2. The minimum atomic E-state index is -0.241. The van der Waals surface area contributed by atoms with Crippen molar-refractivity contribution in [2.45, 2.75) is 27.2 Å². The number of nitriles is 1. The normalized spacial score (nSPS) is 15.5. The molecule has 0 aliphatic carbocycles. The van der Waals surface area contributed by atoms with Crippen LogP contribution in [-0.2, 0) is 4.79 Å². The Morgan fingerprint density at radius 1 is 1.20 bits per heavy atom. The van der Waals surface area contributed by atoms with Gasteiger partial charge in [0.05, 0.1) is 12.0 Å². The Hall–Kier alpha value is -3.61. The Morgan fingerprint density at radius 3 is 2.54 bits per heavy atom. The molecule has 2 atom stereocenters. The summed E-state index contributed by atoms with van der Waals surface area (Å²) in [6, 6.07) is 18.9. The fraction of sp³-hybridized carbons (Fsp3) is 0.226. The number of benzene rings is 2. The molecule has 2 aromatic carbocycles. The van der Waals surface area contributed by atoms with Crippen LogP contribution in [0.1, 0.15) is 43.9 Å². The van der Waals surface area contributed by atoms with Crippen LogP contribution in [0.3, 0.4) is 0 Å². The maximum absolute atomic E-state index is 11.3. The molecular formula is C31H31ClN2O. The Bertz CT molecular complexity index is 1260. The Labute approximate surface area is 213 Å². The number of carbonyl (C=O) groups is 1. The van der Waals surface area contributed by atoms with Crippen LogP contribution in [0.2, 0.25) is 0 Å². The van der Waals surface area contributed by atoms with E-state index < -0.39 is 0 Å². The minimum Gasteiger partial charge on any atom is -0.380 e. The third-order valence-electron chi connectivity index (χ3n) is 6.12. The molecule has 4 heteroatoms. The van der Waals surface area contributed by atoms with Crippen molar-refractivity contribution in [1.82, 2.24) is 0 Å². The van der Waals surface area contributed by atoms with Crippen molar-refractivity contribution >= 4 is 40.8 Å². The highest BCUT2D eigenvalue weighted by Gasteiger charge is 2.25. The van der Waals surface area contributed by atoms with Crippen LogP contribution in [0, 0.1) is 23.2 Å². The summed E-state index contributed by atoms with van der Waals surface area (Å²) in [7, 11) is 0. The molecule has 0 fully saturated rings. The van der Waals surface area contributed by atoms with Gasteiger partial charge in [-0.25, -0.2) is 0 Å². The van der Waals surface area contributed by atoms with Crippen LogP contribution < -0.4 is 5.32 Å². The van der Waals surface area contributed by atoms with E-state index in [9.17, 15) is 10.1 Å². The molecule has 0 spiro atoms. The van der Waals surface area contributed by atoms with E-state index in [4.69, 9.17) is 11.6 Å². The third-order valence-corrected chi connectivity index (χ3v) is 6.25. The van der Waals surface area contributed by atoms with E-state index >= 15 is 0 Å². The number of carbonyl (C=O) groups excluding carboxylic acids is 1. The number of ketones is 1. The van der Waals surface area contributed by atoms with Crippen LogP contribution in [0.25, 0.3) is 17.7 Å². The van der Waals surface area contributed by atoms with Gasteiger partial charge < -0.3 is 5.32 Å². The predicted octanol–water partition coefficient (Wildman–Crippen LogP) is 8.05. The molecule has 178 valence electrons. The maximum atomic E-state index is 11.3. The van der Waals surface area contributed by atoms with Gasteiger partial charge in [-0.2, -0.15) is 5.26 Å². The molecule has 0 bridgehead atoms. The van der Waals surface area contributed by atoms with E-state index in [0.717, 1.165) is 34.4 Å². The van der Waals surface area contributed by atoms with Gasteiger partial charge in [-0.3, -0.25) is 4.79 Å². The number of nitrogens with one attached hydrogen (secondary N) is 1. The monoisotopic (exact) mass is 482 g/mol. The van der Waals surface area contributed by atoms with Crippen molar-refractivity contribution in [2.24, 2.45) is 11.8 Å². The number of nitrogens with zero attached hydrogens (tertiary/aromatic N) is 1. The molecule has 3 nitrogen and oxygen atoms in total. The molecule has 0 radical (unpaired) electrons. The number of fused-ring (bicyclic) bond motifs is 1. The summed E-state index contributed by atoms with van der Waals surface area (Å²) in [6.07, 6.45) is 10.2. The molecule has 0 aromatic heterocycles. The van der Waals surface area contributed by atoms with Crippen molar-refractivity contribution < 1.29 is 4.79 Å². The van der Waals surface area contributed by atoms with Gasteiger partial charge in [-0.05, 0) is 72.4 Å². The number of para-hydroxylation sites is 1. The molecule has 1 aliphatic rings. The van der Waals surface area contributed by atoms with Gasteiger partial charge in [0.2, 0.25) is 0 Å². The van der Waals surface area contributed by atoms with Crippen LogP contribution in [0.4, 0.5) is 5.69 Å². The van der Waals surface area contributed by atoms with Crippen molar-refractivity contribution in [3.63, 3.8) is 0 Å². The lowest BCUT2D eigenvalue weighted by Gasteiger charge is -2.27. The zero-order valence-electron chi connectivity index (χ0n) is 20.5. The van der Waals surface area contributed by atoms with Gasteiger partial charge >= 0.3 is 0 Å². The average Bonchev–Trinajstić information content (AvgIpc) is 2.86. The van der Waals surface area contributed by atoms with E-state index in [1.165, 1.54) is 11.1 Å². The second-order valence-electron chi connectivity index (χ2n) is 8.68. The van der Waals surface area contributed by atoms with E-state index in [2.05, 4.69) is 55.2 Å². The summed E-state index contributed by atoms with van der Waals surface area (Å²) < 4.78 is 0. The van der Waals surface area contributed by atoms with E-state index in [-0.39, 0.29) is 17.6 Å². The lowest BCUT2D eigenvalue weighted by Crippen LogP contribution is -2.17. The first-order valence-electron chi connectivity index (χ1n) is 11.8. The van der Waals surface area contributed by atoms with E-state index in [1.54, 1.807) is 19.1 Å².